The van der Waals surface area contributed by atoms with Crippen LogP contribution in [0.5, 0.6) is 0 Å². The second-order valence-electron chi connectivity index (χ2n) is 6.07. The smallest absolute Gasteiger partial charge is 0.0270 e. The Balaban J connectivity index is 2.30. The standard InChI is InChI=1S/C15H27N3/c1-13(12-17-15(2,3)4)18(5)11-8-14-6-9-16-10-7-14/h6-7,9-10,13,17H,8,11-12H2,1-5H3. The minimum atomic E-state index is 0.195. The van der Waals surface area contributed by atoms with Crippen LogP contribution in [0.25, 0.3) is 0 Å². The van der Waals surface area contributed by atoms with Crippen molar-refractivity contribution in [2.45, 2.75) is 45.7 Å². The highest BCUT2D eigenvalue weighted by atomic mass is 15.1. The summed E-state index contributed by atoms with van der Waals surface area (Å²) in [5.74, 6) is 0. The van der Waals surface area contributed by atoms with Gasteiger partial charge in [0, 0.05) is 37.1 Å². The van der Waals surface area contributed by atoms with Crippen molar-refractivity contribution in [2.24, 2.45) is 0 Å². The van der Waals surface area contributed by atoms with E-state index in [1.54, 1.807) is 0 Å². The first kappa shape index (κ1) is 15.1. The van der Waals surface area contributed by atoms with Crippen LogP contribution in [0.3, 0.4) is 0 Å². The summed E-state index contributed by atoms with van der Waals surface area (Å²) >= 11 is 0. The van der Waals surface area contributed by atoms with Crippen molar-refractivity contribution in [3.8, 4) is 0 Å². The number of aromatic nitrogens is 1. The lowest BCUT2D eigenvalue weighted by atomic mass is 10.1. The fraction of sp³-hybridized carbons (Fsp3) is 0.667. The first-order valence-electron chi connectivity index (χ1n) is 6.72. The SMILES string of the molecule is CC(CNC(C)(C)C)N(C)CCc1ccncc1. The van der Waals surface area contributed by atoms with E-state index in [1.165, 1.54) is 5.56 Å². The van der Waals surface area contributed by atoms with Crippen molar-refractivity contribution in [2.75, 3.05) is 20.1 Å². The van der Waals surface area contributed by atoms with Crippen molar-refractivity contribution < 1.29 is 0 Å². The molecule has 0 aliphatic rings. The van der Waals surface area contributed by atoms with Crippen LogP contribution in [-0.2, 0) is 6.42 Å². The molecular weight excluding hydrogens is 222 g/mol. The number of pyridine rings is 1. The van der Waals surface area contributed by atoms with Gasteiger partial charge in [0.05, 0.1) is 0 Å². The second kappa shape index (κ2) is 6.86. The van der Waals surface area contributed by atoms with Crippen LogP contribution in [0.15, 0.2) is 24.5 Å². The lowest BCUT2D eigenvalue weighted by Gasteiger charge is -2.29. The number of hydrogen-bond acceptors (Lipinski definition) is 3. The largest absolute Gasteiger partial charge is 0.311 e. The van der Waals surface area contributed by atoms with Gasteiger partial charge in [-0.1, -0.05) is 0 Å². The van der Waals surface area contributed by atoms with Gasteiger partial charge in [-0.15, -0.1) is 0 Å². The molecule has 1 aromatic heterocycles. The normalized spacial score (nSPS) is 13.9. The van der Waals surface area contributed by atoms with Crippen LogP contribution in [0.2, 0.25) is 0 Å². The zero-order valence-electron chi connectivity index (χ0n) is 12.4. The molecule has 0 bridgehead atoms. The van der Waals surface area contributed by atoms with Gasteiger partial charge in [0.2, 0.25) is 0 Å². The maximum atomic E-state index is 4.04. The fourth-order valence-corrected chi connectivity index (χ4v) is 1.69. The van der Waals surface area contributed by atoms with Crippen molar-refractivity contribution in [3.63, 3.8) is 0 Å². The van der Waals surface area contributed by atoms with E-state index in [0.717, 1.165) is 19.5 Å². The Morgan fingerprint density at radius 1 is 1.28 bits per heavy atom. The van der Waals surface area contributed by atoms with E-state index >= 15 is 0 Å². The second-order valence-corrected chi connectivity index (χ2v) is 6.07. The maximum absolute atomic E-state index is 4.04. The molecule has 0 aromatic carbocycles. The van der Waals surface area contributed by atoms with Crippen LogP contribution < -0.4 is 5.32 Å². The lowest BCUT2D eigenvalue weighted by molar-refractivity contribution is 0.238. The average molecular weight is 249 g/mol. The van der Waals surface area contributed by atoms with Gasteiger partial charge >= 0.3 is 0 Å². The Hall–Kier alpha value is -0.930. The molecule has 18 heavy (non-hydrogen) atoms. The zero-order chi connectivity index (χ0) is 13.6. The quantitative estimate of drug-likeness (QED) is 0.838. The molecular formula is C15H27N3. The molecule has 1 heterocycles. The molecule has 1 rings (SSSR count). The molecule has 1 N–H and O–H groups in total. The molecule has 0 amide bonds. The van der Waals surface area contributed by atoms with Gasteiger partial charge in [-0.2, -0.15) is 0 Å². The first-order valence-corrected chi connectivity index (χ1v) is 6.72. The van der Waals surface area contributed by atoms with E-state index in [0.29, 0.717) is 6.04 Å². The van der Waals surface area contributed by atoms with E-state index in [2.05, 4.69) is 62.1 Å². The summed E-state index contributed by atoms with van der Waals surface area (Å²) in [4.78, 5) is 6.44. The molecule has 0 aliphatic heterocycles. The van der Waals surface area contributed by atoms with Crippen LogP contribution in [-0.4, -0.2) is 41.6 Å². The Bertz CT molecular complexity index is 329. The Labute approximate surface area is 112 Å². The van der Waals surface area contributed by atoms with Gasteiger partial charge in [-0.3, -0.25) is 4.98 Å². The third kappa shape index (κ3) is 6.12. The van der Waals surface area contributed by atoms with Crippen LogP contribution in [0, 0.1) is 0 Å². The summed E-state index contributed by atoms with van der Waals surface area (Å²) in [5, 5.41) is 3.55. The molecule has 102 valence electrons. The summed E-state index contributed by atoms with van der Waals surface area (Å²) in [5.41, 5.74) is 1.55. The van der Waals surface area contributed by atoms with E-state index < -0.39 is 0 Å². The van der Waals surface area contributed by atoms with E-state index in [-0.39, 0.29) is 5.54 Å². The summed E-state index contributed by atoms with van der Waals surface area (Å²) in [7, 11) is 2.19. The molecule has 0 spiro atoms. The van der Waals surface area contributed by atoms with Gasteiger partial charge in [-0.05, 0) is 58.9 Å². The molecule has 0 saturated heterocycles. The van der Waals surface area contributed by atoms with Crippen molar-refractivity contribution >= 4 is 0 Å². The highest BCUT2D eigenvalue weighted by molar-refractivity contribution is 5.09. The molecule has 0 saturated carbocycles. The summed E-state index contributed by atoms with van der Waals surface area (Å²) in [6.45, 7) is 11.0. The molecule has 3 nitrogen and oxygen atoms in total. The van der Waals surface area contributed by atoms with E-state index in [9.17, 15) is 0 Å². The third-order valence-corrected chi connectivity index (χ3v) is 3.18. The topological polar surface area (TPSA) is 28.2 Å². The monoisotopic (exact) mass is 249 g/mol. The highest BCUT2D eigenvalue weighted by Gasteiger charge is 2.13. The van der Waals surface area contributed by atoms with E-state index in [4.69, 9.17) is 0 Å². The summed E-state index contributed by atoms with van der Waals surface area (Å²) < 4.78 is 0. The predicted octanol–water partition coefficient (Wildman–Crippen LogP) is 2.33. The summed E-state index contributed by atoms with van der Waals surface area (Å²) in [6.07, 6.45) is 4.80. The fourth-order valence-electron chi connectivity index (χ4n) is 1.69. The van der Waals surface area contributed by atoms with Gasteiger partial charge in [0.1, 0.15) is 0 Å². The molecule has 1 unspecified atom stereocenters. The minimum Gasteiger partial charge on any atom is -0.311 e. The zero-order valence-corrected chi connectivity index (χ0v) is 12.4. The van der Waals surface area contributed by atoms with Crippen LogP contribution >= 0.6 is 0 Å². The van der Waals surface area contributed by atoms with Crippen LogP contribution in [0.4, 0.5) is 0 Å². The molecule has 3 heteroatoms. The van der Waals surface area contributed by atoms with Gasteiger partial charge in [0.25, 0.3) is 0 Å². The Kier molecular flexibility index (Phi) is 5.76. The first-order chi connectivity index (χ1) is 8.38. The van der Waals surface area contributed by atoms with E-state index in [1.807, 2.05) is 12.4 Å². The van der Waals surface area contributed by atoms with Crippen molar-refractivity contribution in [1.82, 2.24) is 15.2 Å². The number of nitrogens with zero attached hydrogens (tertiary/aromatic N) is 2. The van der Waals surface area contributed by atoms with Gasteiger partial charge in [-0.25, -0.2) is 0 Å². The minimum absolute atomic E-state index is 0.195. The summed E-state index contributed by atoms with van der Waals surface area (Å²) in [6, 6.07) is 4.73. The van der Waals surface area contributed by atoms with Gasteiger partial charge in [0.15, 0.2) is 0 Å². The maximum Gasteiger partial charge on any atom is 0.0270 e. The van der Waals surface area contributed by atoms with Crippen LogP contribution in [0.1, 0.15) is 33.3 Å². The van der Waals surface area contributed by atoms with Gasteiger partial charge < -0.3 is 10.2 Å². The lowest BCUT2D eigenvalue weighted by Crippen LogP contribution is -2.45. The number of nitrogens with one attached hydrogen (secondary N) is 1. The Morgan fingerprint density at radius 3 is 2.44 bits per heavy atom. The average Bonchev–Trinajstić information content (AvgIpc) is 2.33. The molecule has 0 aliphatic carbocycles. The number of rotatable bonds is 6. The molecule has 1 aromatic rings. The Morgan fingerprint density at radius 2 is 1.89 bits per heavy atom. The third-order valence-electron chi connectivity index (χ3n) is 3.18. The predicted molar refractivity (Wildman–Crippen MR) is 77.8 cm³/mol. The molecule has 0 fully saturated rings. The van der Waals surface area contributed by atoms with Crippen molar-refractivity contribution in [3.05, 3.63) is 30.1 Å². The molecule has 1 atom stereocenters. The number of hydrogen-bond donors (Lipinski definition) is 1. The number of likely N-dealkylation sites (N-methyl/N-ethyl adjacent to an activating group) is 1. The highest BCUT2D eigenvalue weighted by Crippen LogP contribution is 2.03. The van der Waals surface area contributed by atoms with Crippen molar-refractivity contribution in [1.29, 1.82) is 0 Å². The molecule has 0 radical (unpaired) electrons.